The third-order valence-corrected chi connectivity index (χ3v) is 6.41. The molecule has 1 aliphatic heterocycles. The molecule has 0 aromatic heterocycles. The average Bonchev–Trinajstić information content (AvgIpc) is 2.96. The number of nitrogens with zero attached hydrogens (tertiary/aromatic N) is 1. The second-order valence-corrected chi connectivity index (χ2v) is 8.83. The summed E-state index contributed by atoms with van der Waals surface area (Å²) in [6, 6.07) is 15.5. The van der Waals surface area contributed by atoms with Crippen LogP contribution in [0.1, 0.15) is 28.4 Å². The molecule has 0 spiro atoms. The smallest absolute Gasteiger partial charge is 0.263 e. The highest BCUT2D eigenvalue weighted by Crippen LogP contribution is 2.34. The van der Waals surface area contributed by atoms with Crippen molar-refractivity contribution in [1.29, 1.82) is 0 Å². The van der Waals surface area contributed by atoms with Crippen LogP contribution in [0.25, 0.3) is 0 Å². The molecule has 0 fully saturated rings. The molecule has 182 valence electrons. The van der Waals surface area contributed by atoms with Crippen molar-refractivity contribution >= 4 is 40.7 Å². The van der Waals surface area contributed by atoms with E-state index in [-0.39, 0.29) is 18.4 Å². The molecule has 0 saturated heterocycles. The number of anilines is 1. The maximum absolute atomic E-state index is 13.1. The van der Waals surface area contributed by atoms with Gasteiger partial charge >= 0.3 is 0 Å². The predicted octanol–water partition coefficient (Wildman–Crippen LogP) is 5.57. The number of rotatable bonds is 6. The largest absolute Gasteiger partial charge is 0.493 e. The van der Waals surface area contributed by atoms with Gasteiger partial charge in [0.25, 0.3) is 11.8 Å². The molecule has 0 bridgehead atoms. The van der Waals surface area contributed by atoms with Gasteiger partial charge in [-0.05, 0) is 49.4 Å². The summed E-state index contributed by atoms with van der Waals surface area (Å²) in [6.45, 7) is 2.30. The van der Waals surface area contributed by atoms with Gasteiger partial charge in [0.05, 0.1) is 24.3 Å². The summed E-state index contributed by atoms with van der Waals surface area (Å²) in [5, 5.41) is 3.53. The number of nitrogens with one attached hydrogen (secondary N) is 1. The highest BCUT2D eigenvalue weighted by Gasteiger charge is 2.29. The van der Waals surface area contributed by atoms with Gasteiger partial charge in [-0.1, -0.05) is 35.3 Å². The molecule has 3 aromatic rings. The minimum absolute atomic E-state index is 0.160. The second kappa shape index (κ2) is 10.5. The fraction of sp³-hybridized carbons (Fsp3) is 0.231. The number of fused-ring (bicyclic) bond motifs is 1. The van der Waals surface area contributed by atoms with Gasteiger partial charge in [0.2, 0.25) is 0 Å². The van der Waals surface area contributed by atoms with Gasteiger partial charge in [0, 0.05) is 35.5 Å². The lowest BCUT2D eigenvalue weighted by Crippen LogP contribution is -2.37. The number of methoxy groups -OCH3 is 2. The Morgan fingerprint density at radius 1 is 1.09 bits per heavy atom. The molecule has 1 N–H and O–H groups in total. The fourth-order valence-electron chi connectivity index (χ4n) is 3.94. The van der Waals surface area contributed by atoms with Crippen LogP contribution in [-0.4, -0.2) is 37.0 Å². The number of hydrogen-bond acceptors (Lipinski definition) is 5. The highest BCUT2D eigenvalue weighted by atomic mass is 35.5. The zero-order valence-corrected chi connectivity index (χ0v) is 20.9. The van der Waals surface area contributed by atoms with Crippen LogP contribution in [0.2, 0.25) is 10.0 Å². The van der Waals surface area contributed by atoms with Gasteiger partial charge in [-0.2, -0.15) is 0 Å². The van der Waals surface area contributed by atoms with E-state index in [9.17, 15) is 9.59 Å². The molecule has 0 radical (unpaired) electrons. The van der Waals surface area contributed by atoms with E-state index in [2.05, 4.69) is 5.32 Å². The summed E-state index contributed by atoms with van der Waals surface area (Å²) in [5.74, 6) is 1.25. The second-order valence-electron chi connectivity index (χ2n) is 8.01. The SMILES string of the molecule is COc1cccc(CN2Cc3cc(NC(=O)c4ccc(Cl)c(Cl)c4)ccc3OC(C)C2=O)c1OC. The summed E-state index contributed by atoms with van der Waals surface area (Å²) < 4.78 is 16.8. The number of amides is 2. The molecular formula is C26H24Cl2N2O5. The summed E-state index contributed by atoms with van der Waals surface area (Å²) in [7, 11) is 3.13. The van der Waals surface area contributed by atoms with E-state index < -0.39 is 6.10 Å². The third-order valence-electron chi connectivity index (χ3n) is 5.67. The van der Waals surface area contributed by atoms with E-state index in [0.29, 0.717) is 45.1 Å². The van der Waals surface area contributed by atoms with Crippen LogP contribution in [0.3, 0.4) is 0 Å². The number of para-hydroxylation sites is 1. The van der Waals surface area contributed by atoms with Gasteiger partial charge in [-0.15, -0.1) is 0 Å². The van der Waals surface area contributed by atoms with Crippen molar-refractivity contribution in [2.45, 2.75) is 26.1 Å². The van der Waals surface area contributed by atoms with Crippen molar-refractivity contribution < 1.29 is 23.8 Å². The van der Waals surface area contributed by atoms with Crippen molar-refractivity contribution in [3.63, 3.8) is 0 Å². The van der Waals surface area contributed by atoms with E-state index >= 15 is 0 Å². The molecule has 9 heteroatoms. The summed E-state index contributed by atoms with van der Waals surface area (Å²) in [5.41, 5.74) is 2.50. The molecule has 4 rings (SSSR count). The Bertz CT molecular complexity index is 1280. The summed E-state index contributed by atoms with van der Waals surface area (Å²) in [6.07, 6.45) is -0.676. The maximum atomic E-state index is 13.1. The number of hydrogen-bond donors (Lipinski definition) is 1. The van der Waals surface area contributed by atoms with Crippen LogP contribution < -0.4 is 19.5 Å². The predicted molar refractivity (Wildman–Crippen MR) is 135 cm³/mol. The number of benzene rings is 3. The summed E-state index contributed by atoms with van der Waals surface area (Å²) in [4.78, 5) is 27.5. The third kappa shape index (κ3) is 5.31. The number of ether oxygens (including phenoxy) is 3. The molecular weight excluding hydrogens is 491 g/mol. The van der Waals surface area contributed by atoms with Crippen molar-refractivity contribution in [2.24, 2.45) is 0 Å². The molecule has 2 amide bonds. The zero-order chi connectivity index (χ0) is 25.1. The molecule has 7 nitrogen and oxygen atoms in total. The van der Waals surface area contributed by atoms with E-state index in [1.54, 1.807) is 62.4 Å². The maximum Gasteiger partial charge on any atom is 0.263 e. The van der Waals surface area contributed by atoms with Gasteiger partial charge in [0.15, 0.2) is 17.6 Å². The Labute approximate surface area is 213 Å². The van der Waals surface area contributed by atoms with Crippen molar-refractivity contribution in [3.05, 3.63) is 81.3 Å². The molecule has 1 heterocycles. The fourth-order valence-corrected chi connectivity index (χ4v) is 4.23. The Balaban J connectivity index is 1.59. The average molecular weight is 515 g/mol. The Morgan fingerprint density at radius 3 is 2.60 bits per heavy atom. The normalized spacial score (nSPS) is 15.1. The van der Waals surface area contributed by atoms with Crippen LogP contribution in [0.15, 0.2) is 54.6 Å². The van der Waals surface area contributed by atoms with E-state index in [4.69, 9.17) is 37.4 Å². The lowest BCUT2D eigenvalue weighted by Gasteiger charge is -2.24. The molecule has 1 aliphatic rings. The first-order chi connectivity index (χ1) is 16.8. The highest BCUT2D eigenvalue weighted by molar-refractivity contribution is 6.42. The van der Waals surface area contributed by atoms with E-state index in [0.717, 1.165) is 11.1 Å². The topological polar surface area (TPSA) is 77.1 Å². The van der Waals surface area contributed by atoms with E-state index in [1.165, 1.54) is 6.07 Å². The van der Waals surface area contributed by atoms with Crippen LogP contribution in [0.4, 0.5) is 5.69 Å². The van der Waals surface area contributed by atoms with Crippen LogP contribution in [0.5, 0.6) is 17.2 Å². The van der Waals surface area contributed by atoms with Gasteiger partial charge in [-0.3, -0.25) is 9.59 Å². The molecule has 35 heavy (non-hydrogen) atoms. The number of carbonyl (C=O) groups is 2. The first-order valence-electron chi connectivity index (χ1n) is 10.9. The number of carbonyl (C=O) groups excluding carboxylic acids is 2. The van der Waals surface area contributed by atoms with E-state index in [1.807, 2.05) is 12.1 Å². The molecule has 3 aromatic carbocycles. The summed E-state index contributed by atoms with van der Waals surface area (Å²) >= 11 is 12.0. The first kappa shape index (κ1) is 24.7. The zero-order valence-electron chi connectivity index (χ0n) is 19.4. The molecule has 1 atom stereocenters. The quantitative estimate of drug-likeness (QED) is 0.465. The van der Waals surface area contributed by atoms with Gasteiger partial charge in [0.1, 0.15) is 5.75 Å². The van der Waals surface area contributed by atoms with Gasteiger partial charge in [-0.25, -0.2) is 0 Å². The van der Waals surface area contributed by atoms with Crippen LogP contribution in [0, 0.1) is 0 Å². The van der Waals surface area contributed by atoms with Crippen molar-refractivity contribution in [3.8, 4) is 17.2 Å². The van der Waals surface area contributed by atoms with Crippen molar-refractivity contribution in [2.75, 3.05) is 19.5 Å². The van der Waals surface area contributed by atoms with Crippen LogP contribution >= 0.6 is 23.2 Å². The molecule has 1 unspecified atom stereocenters. The molecule has 0 saturated carbocycles. The number of halogens is 2. The van der Waals surface area contributed by atoms with Gasteiger partial charge < -0.3 is 24.4 Å². The minimum atomic E-state index is -0.676. The molecule has 0 aliphatic carbocycles. The Kier molecular flexibility index (Phi) is 7.38. The van der Waals surface area contributed by atoms with Crippen LogP contribution in [-0.2, 0) is 17.9 Å². The monoisotopic (exact) mass is 514 g/mol. The Morgan fingerprint density at radius 2 is 1.89 bits per heavy atom. The lowest BCUT2D eigenvalue weighted by molar-refractivity contribution is -0.138. The Hall–Kier alpha value is -3.42. The lowest BCUT2D eigenvalue weighted by atomic mass is 10.1. The first-order valence-corrected chi connectivity index (χ1v) is 11.6. The minimum Gasteiger partial charge on any atom is -0.493 e. The van der Waals surface area contributed by atoms with Crippen molar-refractivity contribution in [1.82, 2.24) is 4.90 Å². The standard InChI is InChI=1S/C26H24Cl2N2O5/c1-15-26(32)30(13-17-5-4-6-23(33-2)24(17)34-3)14-18-11-19(8-10-22(18)35-15)29-25(31)16-7-9-20(27)21(28)12-16/h4-12,15H,13-14H2,1-3H3,(H,29,31).